The quantitative estimate of drug-likeness (QED) is 0.160. The third-order valence-corrected chi connectivity index (χ3v) is 6.74. The summed E-state index contributed by atoms with van der Waals surface area (Å²) in [6, 6.07) is 6.05. The number of hydrogen-bond acceptors (Lipinski definition) is 9. The fourth-order valence-corrected chi connectivity index (χ4v) is 4.46. The van der Waals surface area contributed by atoms with Crippen LogP contribution in [0.2, 0.25) is 0 Å². The number of anilines is 2. The van der Waals surface area contributed by atoms with E-state index in [0.717, 1.165) is 0 Å². The Bertz CT molecular complexity index is 1450. The van der Waals surface area contributed by atoms with Crippen LogP contribution < -0.4 is 16.0 Å². The average Bonchev–Trinajstić information content (AvgIpc) is 3.35. The molecule has 0 saturated heterocycles. The van der Waals surface area contributed by atoms with Gasteiger partial charge in [-0.3, -0.25) is 4.90 Å². The summed E-state index contributed by atoms with van der Waals surface area (Å²) in [5.74, 6) is -0.791. The van der Waals surface area contributed by atoms with Crippen molar-refractivity contribution in [1.29, 1.82) is 0 Å². The molecule has 5 N–H and O–H groups in total. The first-order valence-corrected chi connectivity index (χ1v) is 13.2. The minimum absolute atomic E-state index is 0.152. The number of aryl methyl sites for hydroxylation is 1. The van der Waals surface area contributed by atoms with Crippen LogP contribution in [0.15, 0.2) is 30.6 Å². The van der Waals surface area contributed by atoms with Crippen LogP contribution >= 0.6 is 0 Å². The lowest BCUT2D eigenvalue weighted by atomic mass is 9.93. The highest BCUT2D eigenvalue weighted by atomic mass is 16.6. The molecule has 1 aromatic carbocycles. The predicted molar refractivity (Wildman–Crippen MR) is 154 cm³/mol. The van der Waals surface area contributed by atoms with E-state index < -0.39 is 42.6 Å². The van der Waals surface area contributed by atoms with E-state index in [4.69, 9.17) is 21.6 Å². The van der Waals surface area contributed by atoms with Crippen molar-refractivity contribution in [3.8, 4) is 12.3 Å². The number of aliphatic carboxylic acids is 2. The van der Waals surface area contributed by atoms with E-state index in [1.54, 1.807) is 42.7 Å². The monoisotopic (exact) mass is 581 g/mol. The number of ether oxygens (including phenoxy) is 2. The number of fused-ring (bicyclic) bond motifs is 1. The number of carboxylic acid groups (broad SMARTS) is 2. The molecule has 2 amide bonds. The number of nitrogens with zero attached hydrogens (tertiary/aromatic N) is 5. The van der Waals surface area contributed by atoms with Gasteiger partial charge in [-0.1, -0.05) is 18.1 Å². The number of urea groups is 1. The zero-order valence-electron chi connectivity index (χ0n) is 23.9. The van der Waals surface area contributed by atoms with Gasteiger partial charge < -0.3 is 35.3 Å². The van der Waals surface area contributed by atoms with Crippen molar-refractivity contribution in [3.63, 3.8) is 0 Å². The Morgan fingerprint density at radius 1 is 1.19 bits per heavy atom. The normalized spacial score (nSPS) is 12.8. The molecule has 0 spiro atoms. The number of nitrogen functional groups attached to an aromatic ring is 1. The summed E-state index contributed by atoms with van der Waals surface area (Å²) in [5.41, 5.74) is 5.10. The molecular weight excluding hydrogens is 546 g/mol. The van der Waals surface area contributed by atoms with Gasteiger partial charge in [0.1, 0.15) is 11.3 Å². The maximum Gasteiger partial charge on any atom is 0.348 e. The number of carbonyl (C=O) groups excluding carboxylic acids is 1. The van der Waals surface area contributed by atoms with E-state index in [-0.39, 0.29) is 18.4 Å². The zero-order valence-corrected chi connectivity index (χ0v) is 23.9. The van der Waals surface area contributed by atoms with Crippen LogP contribution in [-0.2, 0) is 32.0 Å². The number of rotatable bonds is 14. The van der Waals surface area contributed by atoms with Gasteiger partial charge in [0.15, 0.2) is 11.5 Å². The number of carbonyl (C=O) groups is 3. The lowest BCUT2D eigenvalue weighted by Crippen LogP contribution is -2.52. The minimum atomic E-state index is -2.64. The van der Waals surface area contributed by atoms with Gasteiger partial charge in [-0.15, -0.1) is 6.42 Å². The molecule has 224 valence electrons. The second kappa shape index (κ2) is 13.7. The first-order chi connectivity index (χ1) is 20.0. The van der Waals surface area contributed by atoms with Crippen LogP contribution in [-0.4, -0.2) is 86.2 Å². The van der Waals surface area contributed by atoms with Crippen molar-refractivity contribution in [3.05, 3.63) is 42.0 Å². The summed E-state index contributed by atoms with van der Waals surface area (Å²) < 4.78 is 12.8. The van der Waals surface area contributed by atoms with Crippen LogP contribution in [0.1, 0.15) is 25.2 Å². The Hall–Kier alpha value is -4.74. The lowest BCUT2D eigenvalue weighted by molar-refractivity contribution is -0.188. The van der Waals surface area contributed by atoms with Gasteiger partial charge in [0.2, 0.25) is 0 Å². The molecule has 0 fully saturated rings. The molecule has 0 aliphatic rings. The maximum atomic E-state index is 12.4. The van der Waals surface area contributed by atoms with Crippen molar-refractivity contribution in [1.82, 2.24) is 24.8 Å². The Labute approximate surface area is 242 Å². The third-order valence-electron chi connectivity index (χ3n) is 6.74. The molecule has 0 bridgehead atoms. The number of aromatic nitrogens is 4. The first kappa shape index (κ1) is 31.8. The Balaban J connectivity index is 1.82. The van der Waals surface area contributed by atoms with Gasteiger partial charge in [0, 0.05) is 38.9 Å². The van der Waals surface area contributed by atoms with Gasteiger partial charge in [-0.05, 0) is 38.5 Å². The third kappa shape index (κ3) is 6.76. The Morgan fingerprint density at radius 3 is 2.40 bits per heavy atom. The summed E-state index contributed by atoms with van der Waals surface area (Å²) in [6.45, 7) is 5.86. The molecule has 14 heteroatoms. The van der Waals surface area contributed by atoms with Gasteiger partial charge in [-0.2, -0.15) is 0 Å². The van der Waals surface area contributed by atoms with E-state index in [2.05, 4.69) is 26.2 Å². The van der Waals surface area contributed by atoms with E-state index in [9.17, 15) is 24.6 Å². The summed E-state index contributed by atoms with van der Waals surface area (Å²) in [4.78, 5) is 51.3. The minimum Gasteiger partial charge on any atom is -0.479 e. The van der Waals surface area contributed by atoms with Crippen molar-refractivity contribution in [2.45, 2.75) is 45.4 Å². The van der Waals surface area contributed by atoms with Crippen LogP contribution in [0.3, 0.4) is 0 Å². The Kier molecular flexibility index (Phi) is 10.4. The van der Waals surface area contributed by atoms with Gasteiger partial charge in [-0.25, -0.2) is 29.3 Å². The molecule has 3 aromatic rings. The zero-order chi connectivity index (χ0) is 31.0. The van der Waals surface area contributed by atoms with Crippen molar-refractivity contribution >= 4 is 40.6 Å². The van der Waals surface area contributed by atoms with Crippen molar-refractivity contribution in [2.75, 3.05) is 37.4 Å². The molecule has 0 radical (unpaired) electrons. The number of terminal acetylenes is 1. The van der Waals surface area contributed by atoms with E-state index in [0.29, 0.717) is 41.3 Å². The molecule has 2 unspecified atom stereocenters. The predicted octanol–water partition coefficient (Wildman–Crippen LogP) is 1.70. The highest BCUT2D eigenvalue weighted by molar-refractivity contribution is 6.02. The number of nitrogens with two attached hydrogens (primary N) is 1. The number of amides is 2. The molecule has 42 heavy (non-hydrogen) atoms. The largest absolute Gasteiger partial charge is 0.479 e. The molecule has 0 saturated carbocycles. The number of imidazole rings is 1. The summed E-state index contributed by atoms with van der Waals surface area (Å²) in [7, 11) is 1.37. The molecule has 14 nitrogen and oxygen atoms in total. The highest BCUT2D eigenvalue weighted by Crippen LogP contribution is 2.25. The molecular formula is C28H35N7O7. The van der Waals surface area contributed by atoms with Gasteiger partial charge in [0.05, 0.1) is 25.0 Å². The van der Waals surface area contributed by atoms with Crippen molar-refractivity contribution in [2.24, 2.45) is 5.92 Å². The number of nitrogens with one attached hydrogen (secondary N) is 1. The van der Waals surface area contributed by atoms with E-state index in [1.165, 1.54) is 18.3 Å². The van der Waals surface area contributed by atoms with E-state index >= 15 is 0 Å². The average molecular weight is 582 g/mol. The number of benzene rings is 1. The molecule has 2 aromatic heterocycles. The SMILES string of the molecule is C#CC(Cn1cnc2c(N)nc(C)nc21)C(COC(Cc1ccc(N(CC)C(=O)NCC)cc1)(C(=O)O)C(=O)O)OC. The lowest BCUT2D eigenvalue weighted by Gasteiger charge is -2.29. The fourth-order valence-electron chi connectivity index (χ4n) is 4.46. The number of methoxy groups -OCH3 is 1. The molecule has 0 aliphatic carbocycles. The smallest absolute Gasteiger partial charge is 0.348 e. The number of carboxylic acids is 2. The topological polar surface area (TPSA) is 195 Å². The molecule has 3 rings (SSSR count). The highest BCUT2D eigenvalue weighted by Gasteiger charge is 2.49. The van der Waals surface area contributed by atoms with Gasteiger partial charge in [0.25, 0.3) is 5.60 Å². The van der Waals surface area contributed by atoms with Crippen LogP contribution in [0, 0.1) is 25.2 Å². The van der Waals surface area contributed by atoms with Crippen LogP contribution in [0.4, 0.5) is 16.3 Å². The van der Waals surface area contributed by atoms with Crippen LogP contribution in [0.5, 0.6) is 0 Å². The van der Waals surface area contributed by atoms with Crippen molar-refractivity contribution < 1.29 is 34.1 Å². The van der Waals surface area contributed by atoms with E-state index in [1.807, 2.05) is 6.92 Å². The second-order valence-corrected chi connectivity index (χ2v) is 9.44. The van der Waals surface area contributed by atoms with Gasteiger partial charge >= 0.3 is 18.0 Å². The standard InChI is InChI=1S/C28H35N7O7/c1-6-19(14-34-16-31-22-23(29)32-17(4)33-24(22)34)21(41-5)15-42-28(25(36)37,26(38)39)13-18-9-11-20(12-10-18)35(8-3)27(40)30-7-2/h1,9-12,16,19,21H,7-8,13-15H2,2-5H3,(H,30,40)(H,36,37)(H,38,39)(H2,29,32,33). The maximum absolute atomic E-state index is 12.4. The Morgan fingerprint density at radius 2 is 1.86 bits per heavy atom. The molecule has 2 atom stereocenters. The van der Waals surface area contributed by atoms with Crippen LogP contribution in [0.25, 0.3) is 11.2 Å². The fraction of sp³-hybridized carbons (Fsp3) is 0.429. The molecule has 0 aliphatic heterocycles. The summed E-state index contributed by atoms with van der Waals surface area (Å²) in [6.07, 6.45) is 5.92. The number of hydrogen-bond donors (Lipinski definition) is 4. The first-order valence-electron chi connectivity index (χ1n) is 13.2. The second-order valence-electron chi connectivity index (χ2n) is 9.44. The summed E-state index contributed by atoms with van der Waals surface area (Å²) in [5, 5.41) is 22.8. The summed E-state index contributed by atoms with van der Waals surface area (Å²) >= 11 is 0. The molecule has 2 heterocycles.